The van der Waals surface area contributed by atoms with Gasteiger partial charge in [0, 0.05) is 0 Å². The fourth-order valence-electron chi connectivity index (χ4n) is 3.05. The van der Waals surface area contributed by atoms with E-state index in [4.69, 9.17) is 9.47 Å². The molecule has 5 nitrogen and oxygen atoms in total. The Bertz CT molecular complexity index is 334. The molecule has 1 fully saturated rings. The Kier molecular flexibility index (Phi) is 13.0. The van der Waals surface area contributed by atoms with Crippen LogP contribution in [0.5, 0.6) is 0 Å². The number of rotatable bonds is 14. The van der Waals surface area contributed by atoms with E-state index in [0.717, 1.165) is 6.42 Å². The first-order valence-corrected chi connectivity index (χ1v) is 10.1. The van der Waals surface area contributed by atoms with Crippen LogP contribution < -0.4 is 0 Å². The van der Waals surface area contributed by atoms with Gasteiger partial charge in [-0.25, -0.2) is 0 Å². The first-order chi connectivity index (χ1) is 12.2. The fraction of sp³-hybridized carbons (Fsp3) is 0.900. The van der Waals surface area contributed by atoms with E-state index in [1.54, 1.807) is 6.26 Å². The molecule has 5 heteroatoms. The fourth-order valence-corrected chi connectivity index (χ4v) is 3.05. The van der Waals surface area contributed by atoms with Crippen molar-refractivity contribution in [3.8, 4) is 0 Å². The van der Waals surface area contributed by atoms with E-state index in [1.165, 1.54) is 64.2 Å². The van der Waals surface area contributed by atoms with Crippen LogP contribution in [0.1, 0.15) is 77.6 Å². The number of hydrogen-bond acceptors (Lipinski definition) is 5. The van der Waals surface area contributed by atoms with Gasteiger partial charge in [0.25, 0.3) is 0 Å². The molecular weight excluding hydrogens is 320 g/mol. The maximum absolute atomic E-state index is 9.77. The average Bonchev–Trinajstić information content (AvgIpc) is 2.61. The standard InChI is InChI=1S/C20H38O5/c1-2-3-4-5-6-7-8-9-10-11-12-13-14-24-16-18-20(23)19(22)17(21)15-25-18/h13-14,17-23H,2-12,15-16H2,1H3/b14-13+/t17-,18+,19+,20+/m1/s1. The van der Waals surface area contributed by atoms with Crippen LogP contribution in [0.25, 0.3) is 0 Å². The largest absolute Gasteiger partial charge is 0.499 e. The summed E-state index contributed by atoms with van der Waals surface area (Å²) in [5.74, 6) is 0. The molecule has 0 aromatic heterocycles. The third kappa shape index (κ3) is 10.2. The lowest BCUT2D eigenvalue weighted by Crippen LogP contribution is -2.54. The van der Waals surface area contributed by atoms with Crippen molar-refractivity contribution in [2.24, 2.45) is 0 Å². The second-order valence-electron chi connectivity index (χ2n) is 7.10. The van der Waals surface area contributed by atoms with Crippen LogP contribution in [0.3, 0.4) is 0 Å². The minimum Gasteiger partial charge on any atom is -0.499 e. The lowest BCUT2D eigenvalue weighted by Gasteiger charge is -2.34. The van der Waals surface area contributed by atoms with Crippen molar-refractivity contribution in [2.75, 3.05) is 13.2 Å². The molecule has 0 saturated carbocycles. The van der Waals surface area contributed by atoms with Crippen LogP contribution in [0, 0.1) is 0 Å². The van der Waals surface area contributed by atoms with E-state index in [9.17, 15) is 15.3 Å². The molecule has 1 rings (SSSR count). The summed E-state index contributed by atoms with van der Waals surface area (Å²) in [4.78, 5) is 0. The molecule has 0 spiro atoms. The highest BCUT2D eigenvalue weighted by atomic mass is 16.6. The topological polar surface area (TPSA) is 79.2 Å². The molecular formula is C20H38O5. The molecule has 0 aromatic carbocycles. The summed E-state index contributed by atoms with van der Waals surface area (Å²) >= 11 is 0. The Balaban J connectivity index is 1.89. The van der Waals surface area contributed by atoms with Gasteiger partial charge in [0.1, 0.15) is 31.0 Å². The summed E-state index contributed by atoms with van der Waals surface area (Å²) in [6.45, 7) is 2.45. The molecule has 0 aliphatic carbocycles. The quantitative estimate of drug-likeness (QED) is 0.328. The summed E-state index contributed by atoms with van der Waals surface area (Å²) < 4.78 is 10.6. The van der Waals surface area contributed by atoms with E-state index in [2.05, 4.69) is 6.92 Å². The summed E-state index contributed by atoms with van der Waals surface area (Å²) in [6.07, 6.45) is 14.0. The molecule has 25 heavy (non-hydrogen) atoms. The first kappa shape index (κ1) is 22.4. The van der Waals surface area contributed by atoms with Gasteiger partial charge in [0.05, 0.1) is 12.9 Å². The number of unbranched alkanes of at least 4 members (excludes halogenated alkanes) is 10. The Hall–Kier alpha value is -0.620. The zero-order chi connectivity index (χ0) is 18.3. The summed E-state index contributed by atoms with van der Waals surface area (Å²) in [6, 6.07) is 0. The van der Waals surface area contributed by atoms with E-state index >= 15 is 0 Å². The molecule has 3 N–H and O–H groups in total. The van der Waals surface area contributed by atoms with Crippen molar-refractivity contribution in [3.05, 3.63) is 12.3 Å². The maximum atomic E-state index is 9.77. The molecule has 1 aliphatic heterocycles. The molecule has 1 heterocycles. The number of aliphatic hydroxyl groups is 3. The number of ether oxygens (including phenoxy) is 2. The monoisotopic (exact) mass is 358 g/mol. The Morgan fingerprint density at radius 3 is 2.12 bits per heavy atom. The Morgan fingerprint density at radius 1 is 0.880 bits per heavy atom. The lowest BCUT2D eigenvalue weighted by molar-refractivity contribution is -0.195. The number of aliphatic hydroxyl groups excluding tert-OH is 3. The third-order valence-electron chi connectivity index (χ3n) is 4.78. The molecule has 1 saturated heterocycles. The van der Waals surface area contributed by atoms with E-state index < -0.39 is 24.4 Å². The molecule has 0 aromatic rings. The minimum atomic E-state index is -1.17. The van der Waals surface area contributed by atoms with Crippen LogP contribution in [-0.2, 0) is 9.47 Å². The number of allylic oxidation sites excluding steroid dienone is 1. The van der Waals surface area contributed by atoms with Crippen LogP contribution in [0.4, 0.5) is 0 Å². The average molecular weight is 359 g/mol. The minimum absolute atomic E-state index is 0.0224. The third-order valence-corrected chi connectivity index (χ3v) is 4.78. The van der Waals surface area contributed by atoms with Crippen LogP contribution >= 0.6 is 0 Å². The predicted molar refractivity (Wildman–Crippen MR) is 99.3 cm³/mol. The van der Waals surface area contributed by atoms with Gasteiger partial charge in [0.15, 0.2) is 0 Å². The zero-order valence-corrected chi connectivity index (χ0v) is 15.8. The van der Waals surface area contributed by atoms with Crippen LogP contribution in [0.15, 0.2) is 12.3 Å². The second kappa shape index (κ2) is 14.5. The van der Waals surface area contributed by atoms with Gasteiger partial charge in [-0.1, -0.05) is 64.7 Å². The van der Waals surface area contributed by atoms with Crippen molar-refractivity contribution < 1.29 is 24.8 Å². The molecule has 148 valence electrons. The normalized spacial score (nSPS) is 27.0. The zero-order valence-electron chi connectivity index (χ0n) is 15.8. The highest BCUT2D eigenvalue weighted by molar-refractivity contribution is 4.87. The summed E-state index contributed by atoms with van der Waals surface area (Å²) in [5, 5.41) is 28.7. The maximum Gasteiger partial charge on any atom is 0.120 e. The second-order valence-corrected chi connectivity index (χ2v) is 7.10. The summed E-state index contributed by atoms with van der Waals surface area (Å²) in [5.41, 5.74) is 0. The van der Waals surface area contributed by atoms with E-state index in [-0.39, 0.29) is 13.2 Å². The van der Waals surface area contributed by atoms with E-state index in [1.807, 2.05) is 6.08 Å². The SMILES string of the molecule is CCCCCCCCCCCC/C=C/OC[C@@H]1OC[C@@H](O)[C@H](O)[C@H]1O. The van der Waals surface area contributed by atoms with Crippen molar-refractivity contribution in [1.29, 1.82) is 0 Å². The molecule has 0 unspecified atom stereocenters. The molecule has 0 bridgehead atoms. The van der Waals surface area contributed by atoms with Gasteiger partial charge < -0.3 is 24.8 Å². The van der Waals surface area contributed by atoms with E-state index in [0.29, 0.717) is 0 Å². The molecule has 1 aliphatic rings. The molecule has 4 atom stereocenters. The highest BCUT2D eigenvalue weighted by Crippen LogP contribution is 2.16. The summed E-state index contributed by atoms with van der Waals surface area (Å²) in [7, 11) is 0. The van der Waals surface area contributed by atoms with Crippen molar-refractivity contribution in [1.82, 2.24) is 0 Å². The molecule has 0 amide bonds. The van der Waals surface area contributed by atoms with Crippen LogP contribution in [-0.4, -0.2) is 52.9 Å². The van der Waals surface area contributed by atoms with Gasteiger partial charge in [-0.3, -0.25) is 0 Å². The lowest BCUT2D eigenvalue weighted by atomic mass is 10.0. The highest BCUT2D eigenvalue weighted by Gasteiger charge is 2.37. The smallest absolute Gasteiger partial charge is 0.120 e. The van der Waals surface area contributed by atoms with Crippen molar-refractivity contribution >= 4 is 0 Å². The Morgan fingerprint density at radius 2 is 1.48 bits per heavy atom. The molecule has 0 radical (unpaired) electrons. The van der Waals surface area contributed by atoms with Gasteiger partial charge >= 0.3 is 0 Å². The van der Waals surface area contributed by atoms with Crippen molar-refractivity contribution in [3.63, 3.8) is 0 Å². The van der Waals surface area contributed by atoms with Gasteiger partial charge in [-0.2, -0.15) is 0 Å². The Labute approximate surface area is 153 Å². The number of hydrogen-bond donors (Lipinski definition) is 3. The first-order valence-electron chi connectivity index (χ1n) is 10.1. The van der Waals surface area contributed by atoms with Gasteiger partial charge in [-0.15, -0.1) is 0 Å². The predicted octanol–water partition coefficient (Wildman–Crippen LogP) is 3.31. The van der Waals surface area contributed by atoms with Gasteiger partial charge in [-0.05, 0) is 18.9 Å². The van der Waals surface area contributed by atoms with Crippen molar-refractivity contribution in [2.45, 2.75) is 102 Å². The van der Waals surface area contributed by atoms with Gasteiger partial charge in [0.2, 0.25) is 0 Å². The van der Waals surface area contributed by atoms with Crippen LogP contribution in [0.2, 0.25) is 0 Å².